The Balaban J connectivity index is 1.69. The van der Waals surface area contributed by atoms with E-state index in [2.05, 4.69) is 10.1 Å². The van der Waals surface area contributed by atoms with Crippen molar-refractivity contribution in [2.45, 2.75) is 43.6 Å². The number of ether oxygens (including phenoxy) is 1. The van der Waals surface area contributed by atoms with E-state index in [0.717, 1.165) is 44.3 Å². The van der Waals surface area contributed by atoms with Gasteiger partial charge in [0.05, 0.1) is 5.41 Å². The van der Waals surface area contributed by atoms with Gasteiger partial charge in [-0.25, -0.2) is 4.39 Å². The van der Waals surface area contributed by atoms with Crippen LogP contribution in [0.5, 0.6) is 0 Å². The summed E-state index contributed by atoms with van der Waals surface area (Å²) < 4.78 is 24.6. The Morgan fingerprint density at radius 3 is 2.81 bits per heavy atom. The van der Waals surface area contributed by atoms with Gasteiger partial charge in [-0.1, -0.05) is 23.7 Å². The first-order chi connectivity index (χ1) is 10.3. The molecule has 4 nitrogen and oxygen atoms in total. The quantitative estimate of drug-likeness (QED) is 0.867. The first-order valence-electron chi connectivity index (χ1n) is 7.50. The molecule has 1 aromatic heterocycles. The zero-order valence-electron chi connectivity index (χ0n) is 11.7. The minimum atomic E-state index is -0.314. The average Bonchev–Trinajstić information content (AvgIpc) is 3.08. The van der Waals surface area contributed by atoms with Gasteiger partial charge in [0.15, 0.2) is 0 Å². The molecule has 1 aliphatic carbocycles. The lowest BCUT2D eigenvalue weighted by Crippen LogP contribution is -2.36. The van der Waals surface area contributed by atoms with E-state index in [0.29, 0.717) is 11.7 Å². The molecule has 1 aromatic carbocycles. The Labute approximate surface area is 122 Å². The number of aromatic nitrogens is 2. The molecule has 2 aromatic rings. The Morgan fingerprint density at radius 1 is 1.24 bits per heavy atom. The van der Waals surface area contributed by atoms with Gasteiger partial charge in [-0.2, -0.15) is 4.98 Å². The van der Waals surface area contributed by atoms with Crippen molar-refractivity contribution in [1.29, 1.82) is 0 Å². The van der Waals surface area contributed by atoms with Crippen LogP contribution in [0, 0.1) is 5.82 Å². The highest BCUT2D eigenvalue weighted by molar-refractivity contribution is 5.35. The molecule has 0 spiro atoms. The lowest BCUT2D eigenvalue weighted by molar-refractivity contribution is 0.103. The maximum absolute atomic E-state index is 13.5. The highest BCUT2D eigenvalue weighted by atomic mass is 19.1. The molecular formula is C16H17FN2O2. The largest absolute Gasteiger partial charge is 0.370 e. The summed E-state index contributed by atoms with van der Waals surface area (Å²) in [7, 11) is 0. The predicted molar refractivity (Wildman–Crippen MR) is 73.3 cm³/mol. The highest BCUT2D eigenvalue weighted by Crippen LogP contribution is 2.48. The first-order valence-corrected chi connectivity index (χ1v) is 7.50. The van der Waals surface area contributed by atoms with E-state index in [1.54, 1.807) is 12.1 Å². The summed E-state index contributed by atoms with van der Waals surface area (Å²) in [6.07, 6.45) is 4.85. The fraction of sp³-hybridized carbons (Fsp3) is 0.500. The molecule has 1 saturated heterocycles. The van der Waals surface area contributed by atoms with Crippen molar-refractivity contribution in [2.24, 2.45) is 0 Å². The number of rotatable bonds is 3. The van der Waals surface area contributed by atoms with Crippen LogP contribution in [0.15, 0.2) is 28.8 Å². The van der Waals surface area contributed by atoms with Gasteiger partial charge in [0.2, 0.25) is 11.7 Å². The van der Waals surface area contributed by atoms with E-state index in [-0.39, 0.29) is 17.3 Å². The van der Waals surface area contributed by atoms with E-state index < -0.39 is 0 Å². The molecule has 2 aliphatic rings. The minimum Gasteiger partial charge on any atom is -0.370 e. The van der Waals surface area contributed by atoms with Crippen LogP contribution in [0.3, 0.4) is 0 Å². The molecule has 2 fully saturated rings. The van der Waals surface area contributed by atoms with E-state index in [9.17, 15) is 4.39 Å². The highest BCUT2D eigenvalue weighted by Gasteiger charge is 2.46. The van der Waals surface area contributed by atoms with Gasteiger partial charge in [-0.3, -0.25) is 0 Å². The van der Waals surface area contributed by atoms with Crippen LogP contribution in [0.1, 0.15) is 55.5 Å². The molecule has 0 amide bonds. The molecule has 21 heavy (non-hydrogen) atoms. The normalized spacial score (nSPS) is 24.0. The second kappa shape index (κ2) is 4.91. The fourth-order valence-corrected chi connectivity index (χ4v) is 3.28. The predicted octanol–water partition coefficient (Wildman–Crippen LogP) is 3.53. The SMILES string of the molecule is Fc1cccc(C2(c3nc(C4CCCO4)no3)CCC2)c1. The molecule has 1 aliphatic heterocycles. The van der Waals surface area contributed by atoms with Crippen molar-refractivity contribution in [3.05, 3.63) is 47.4 Å². The Kier molecular flexibility index (Phi) is 3.03. The van der Waals surface area contributed by atoms with Crippen LogP contribution in [0.4, 0.5) is 4.39 Å². The maximum atomic E-state index is 13.5. The van der Waals surface area contributed by atoms with E-state index in [4.69, 9.17) is 9.26 Å². The number of nitrogens with zero attached hydrogens (tertiary/aromatic N) is 2. The van der Waals surface area contributed by atoms with Crippen LogP contribution >= 0.6 is 0 Å². The summed E-state index contributed by atoms with van der Waals surface area (Å²) in [6.45, 7) is 0.754. The molecular weight excluding hydrogens is 271 g/mol. The van der Waals surface area contributed by atoms with Crippen LogP contribution < -0.4 is 0 Å². The summed E-state index contributed by atoms with van der Waals surface area (Å²) in [5.41, 5.74) is 0.614. The van der Waals surface area contributed by atoms with Crippen molar-refractivity contribution in [1.82, 2.24) is 10.1 Å². The second-order valence-electron chi connectivity index (χ2n) is 5.91. The molecule has 2 heterocycles. The van der Waals surface area contributed by atoms with Crippen LogP contribution in [-0.2, 0) is 10.2 Å². The van der Waals surface area contributed by atoms with Gasteiger partial charge in [0, 0.05) is 6.61 Å². The standard InChI is InChI=1S/C16H17FN2O2/c17-12-5-1-4-11(10-12)16(7-3-8-16)15-18-14(19-21-15)13-6-2-9-20-13/h1,4-5,10,13H,2-3,6-9H2. The molecule has 1 atom stereocenters. The summed E-state index contributed by atoms with van der Waals surface area (Å²) in [5.74, 6) is 1.01. The topological polar surface area (TPSA) is 48.2 Å². The van der Waals surface area contributed by atoms with Gasteiger partial charge in [0.25, 0.3) is 0 Å². The summed E-state index contributed by atoms with van der Waals surface area (Å²) in [5, 5.41) is 4.09. The molecule has 1 saturated carbocycles. The number of halogens is 1. The van der Waals surface area contributed by atoms with Crippen molar-refractivity contribution >= 4 is 0 Å². The average molecular weight is 288 g/mol. The fourth-order valence-electron chi connectivity index (χ4n) is 3.28. The lowest BCUT2D eigenvalue weighted by atomic mass is 9.64. The molecule has 4 rings (SSSR count). The zero-order chi connectivity index (χ0) is 14.3. The van der Waals surface area contributed by atoms with E-state index in [1.807, 2.05) is 6.07 Å². The van der Waals surface area contributed by atoms with E-state index >= 15 is 0 Å². The van der Waals surface area contributed by atoms with E-state index in [1.165, 1.54) is 6.07 Å². The molecule has 1 unspecified atom stereocenters. The van der Waals surface area contributed by atoms with Crippen molar-refractivity contribution in [3.63, 3.8) is 0 Å². The zero-order valence-corrected chi connectivity index (χ0v) is 11.7. The number of benzene rings is 1. The van der Waals surface area contributed by atoms with Crippen molar-refractivity contribution in [3.8, 4) is 0 Å². The Morgan fingerprint density at radius 2 is 2.14 bits per heavy atom. The summed E-state index contributed by atoms with van der Waals surface area (Å²) >= 11 is 0. The molecule has 0 N–H and O–H groups in total. The van der Waals surface area contributed by atoms with Gasteiger partial charge in [-0.05, 0) is 43.4 Å². The molecule has 0 bridgehead atoms. The van der Waals surface area contributed by atoms with Crippen LogP contribution in [-0.4, -0.2) is 16.7 Å². The van der Waals surface area contributed by atoms with Crippen molar-refractivity contribution < 1.29 is 13.7 Å². The van der Waals surface area contributed by atoms with Gasteiger partial charge < -0.3 is 9.26 Å². The third-order valence-electron chi connectivity index (χ3n) is 4.65. The maximum Gasteiger partial charge on any atom is 0.237 e. The van der Waals surface area contributed by atoms with Gasteiger partial charge in [-0.15, -0.1) is 0 Å². The van der Waals surface area contributed by atoms with Gasteiger partial charge in [0.1, 0.15) is 11.9 Å². The third-order valence-corrected chi connectivity index (χ3v) is 4.65. The number of hydrogen-bond acceptors (Lipinski definition) is 4. The Hall–Kier alpha value is -1.75. The van der Waals surface area contributed by atoms with Crippen LogP contribution in [0.25, 0.3) is 0 Å². The lowest BCUT2D eigenvalue weighted by Gasteiger charge is -2.38. The molecule has 5 heteroatoms. The Bertz CT molecular complexity index is 645. The van der Waals surface area contributed by atoms with Gasteiger partial charge >= 0.3 is 0 Å². The van der Waals surface area contributed by atoms with Crippen molar-refractivity contribution in [2.75, 3.05) is 6.61 Å². The summed E-state index contributed by atoms with van der Waals surface area (Å²) in [4.78, 5) is 4.57. The minimum absolute atomic E-state index is 0.0489. The monoisotopic (exact) mass is 288 g/mol. The van der Waals surface area contributed by atoms with Crippen LogP contribution in [0.2, 0.25) is 0 Å². The number of hydrogen-bond donors (Lipinski definition) is 0. The molecule has 0 radical (unpaired) electrons. The summed E-state index contributed by atoms with van der Waals surface area (Å²) in [6, 6.07) is 6.72. The first kappa shape index (κ1) is 13.0. The third kappa shape index (κ3) is 2.07. The second-order valence-corrected chi connectivity index (χ2v) is 5.91. The smallest absolute Gasteiger partial charge is 0.237 e. The molecule has 110 valence electrons.